The van der Waals surface area contributed by atoms with E-state index in [2.05, 4.69) is 5.32 Å². The van der Waals surface area contributed by atoms with Crippen molar-refractivity contribution in [2.24, 2.45) is 11.8 Å². The highest BCUT2D eigenvalue weighted by Gasteiger charge is 2.50. The number of nitrogens with zero attached hydrogens (tertiary/aromatic N) is 1. The second-order valence-electron chi connectivity index (χ2n) is 6.85. The summed E-state index contributed by atoms with van der Waals surface area (Å²) in [5, 5.41) is 2.93. The molecule has 1 N–H and O–H groups in total. The molecule has 2 saturated heterocycles. The van der Waals surface area contributed by atoms with Crippen LogP contribution in [0.5, 0.6) is 0 Å². The normalized spacial score (nSPS) is 31.3. The van der Waals surface area contributed by atoms with Crippen LogP contribution in [0.15, 0.2) is 0 Å². The lowest BCUT2D eigenvalue weighted by Gasteiger charge is -2.46. The van der Waals surface area contributed by atoms with E-state index in [9.17, 15) is 9.59 Å². The van der Waals surface area contributed by atoms with Gasteiger partial charge in [0.05, 0.1) is 0 Å². The zero-order valence-electron chi connectivity index (χ0n) is 12.4. The molecule has 1 aliphatic carbocycles. The summed E-state index contributed by atoms with van der Waals surface area (Å²) in [5.41, 5.74) is -0.735. The number of amides is 2. The van der Waals surface area contributed by atoms with E-state index >= 15 is 0 Å². The maximum absolute atomic E-state index is 12.7. The molecule has 0 aromatic rings. The molecule has 1 unspecified atom stereocenters. The monoisotopic (exact) mass is 280 g/mol. The van der Waals surface area contributed by atoms with Crippen LogP contribution in [0.25, 0.3) is 0 Å². The Balaban J connectivity index is 1.76. The quantitative estimate of drug-likeness (QED) is 0.836. The van der Waals surface area contributed by atoms with Gasteiger partial charge < -0.3 is 15.0 Å². The number of ether oxygens (including phenoxy) is 1. The second-order valence-corrected chi connectivity index (χ2v) is 6.85. The van der Waals surface area contributed by atoms with Gasteiger partial charge in [0, 0.05) is 19.8 Å². The summed E-state index contributed by atoms with van der Waals surface area (Å²) in [4.78, 5) is 26.9. The van der Waals surface area contributed by atoms with Crippen molar-refractivity contribution in [1.82, 2.24) is 10.2 Å². The molecule has 5 heteroatoms. The van der Waals surface area contributed by atoms with Crippen molar-refractivity contribution in [2.75, 3.05) is 19.8 Å². The van der Waals surface area contributed by atoms with Gasteiger partial charge in [-0.25, -0.2) is 0 Å². The van der Waals surface area contributed by atoms with E-state index in [1.165, 1.54) is 0 Å². The smallest absolute Gasteiger partial charge is 0.246 e. The molecule has 3 aliphatic rings. The fourth-order valence-electron chi connectivity index (χ4n) is 3.20. The molecule has 112 valence electrons. The third-order valence-electron chi connectivity index (χ3n) is 4.92. The van der Waals surface area contributed by atoms with Gasteiger partial charge in [-0.1, -0.05) is 0 Å². The lowest BCUT2D eigenvalue weighted by atomic mass is 9.90. The van der Waals surface area contributed by atoms with Crippen LogP contribution in [0, 0.1) is 11.8 Å². The highest BCUT2D eigenvalue weighted by molar-refractivity contribution is 5.99. The van der Waals surface area contributed by atoms with Gasteiger partial charge in [-0.05, 0) is 51.4 Å². The second kappa shape index (κ2) is 5.02. The molecule has 2 aliphatic heterocycles. The van der Waals surface area contributed by atoms with Crippen molar-refractivity contribution < 1.29 is 14.3 Å². The minimum absolute atomic E-state index is 0.0129. The van der Waals surface area contributed by atoms with Crippen molar-refractivity contribution in [3.63, 3.8) is 0 Å². The number of hydrogen-bond acceptors (Lipinski definition) is 3. The highest BCUT2D eigenvalue weighted by Crippen LogP contribution is 2.37. The summed E-state index contributed by atoms with van der Waals surface area (Å²) < 4.78 is 5.38. The van der Waals surface area contributed by atoms with E-state index in [0.717, 1.165) is 38.9 Å². The fourth-order valence-corrected chi connectivity index (χ4v) is 3.20. The van der Waals surface area contributed by atoms with E-state index in [1.807, 2.05) is 18.7 Å². The van der Waals surface area contributed by atoms with Gasteiger partial charge in [0.15, 0.2) is 0 Å². The summed E-state index contributed by atoms with van der Waals surface area (Å²) in [7, 11) is 0. The average Bonchev–Trinajstić information content (AvgIpc) is 3.25. The molecular weight excluding hydrogens is 256 g/mol. The van der Waals surface area contributed by atoms with Crippen molar-refractivity contribution >= 4 is 11.8 Å². The number of nitrogens with one attached hydrogen (secondary N) is 1. The number of hydrogen-bond donors (Lipinski definition) is 1. The number of carbonyl (C=O) groups excluding carboxylic acids is 2. The zero-order chi connectivity index (χ0) is 14.3. The lowest BCUT2D eigenvalue weighted by molar-refractivity contribution is -0.157. The Kier molecular flexibility index (Phi) is 3.48. The molecule has 0 aromatic heterocycles. The molecule has 2 heterocycles. The van der Waals surface area contributed by atoms with Gasteiger partial charge >= 0.3 is 0 Å². The van der Waals surface area contributed by atoms with Gasteiger partial charge in [-0.3, -0.25) is 9.59 Å². The standard InChI is InChI=1S/C15H24N2O3/c1-15(2)14(19)16-12(11-3-4-11)13(18)17(15)9-10-5-7-20-8-6-10/h10-12H,3-9H2,1-2H3,(H,16,19). The first-order chi connectivity index (χ1) is 9.50. The van der Waals surface area contributed by atoms with E-state index < -0.39 is 5.54 Å². The summed E-state index contributed by atoms with van der Waals surface area (Å²) in [6.45, 7) is 5.92. The first-order valence-corrected chi connectivity index (χ1v) is 7.70. The first-order valence-electron chi connectivity index (χ1n) is 7.70. The molecule has 5 nitrogen and oxygen atoms in total. The molecule has 1 atom stereocenters. The van der Waals surface area contributed by atoms with Crippen LogP contribution in [0.4, 0.5) is 0 Å². The minimum atomic E-state index is -0.735. The Morgan fingerprint density at radius 1 is 1.20 bits per heavy atom. The van der Waals surface area contributed by atoms with Crippen LogP contribution in [-0.4, -0.2) is 48.1 Å². The largest absolute Gasteiger partial charge is 0.381 e. The third-order valence-corrected chi connectivity index (χ3v) is 4.92. The summed E-state index contributed by atoms with van der Waals surface area (Å²) >= 11 is 0. The van der Waals surface area contributed by atoms with Crippen LogP contribution in [-0.2, 0) is 14.3 Å². The molecule has 0 radical (unpaired) electrons. The van der Waals surface area contributed by atoms with Gasteiger partial charge in [-0.2, -0.15) is 0 Å². The average molecular weight is 280 g/mol. The zero-order valence-corrected chi connectivity index (χ0v) is 12.4. The van der Waals surface area contributed by atoms with E-state index in [0.29, 0.717) is 18.4 Å². The topological polar surface area (TPSA) is 58.6 Å². The lowest BCUT2D eigenvalue weighted by Crippen LogP contribution is -2.69. The molecule has 0 bridgehead atoms. The number of rotatable bonds is 3. The number of carbonyl (C=O) groups is 2. The molecule has 2 amide bonds. The summed E-state index contributed by atoms with van der Waals surface area (Å²) in [5.74, 6) is 0.919. The predicted molar refractivity (Wildman–Crippen MR) is 74.0 cm³/mol. The van der Waals surface area contributed by atoms with Crippen LogP contribution in [0.2, 0.25) is 0 Å². The molecule has 3 fully saturated rings. The molecule has 0 aromatic carbocycles. The van der Waals surface area contributed by atoms with Crippen LogP contribution in [0.3, 0.4) is 0 Å². The maximum Gasteiger partial charge on any atom is 0.246 e. The molecule has 20 heavy (non-hydrogen) atoms. The SMILES string of the molecule is CC1(C)C(=O)NC(C2CC2)C(=O)N1CC1CCOCC1. The Morgan fingerprint density at radius 2 is 1.85 bits per heavy atom. The predicted octanol–water partition coefficient (Wildman–Crippen LogP) is 0.929. The van der Waals surface area contributed by atoms with Crippen LogP contribution in [0.1, 0.15) is 39.5 Å². The minimum Gasteiger partial charge on any atom is -0.381 e. The maximum atomic E-state index is 12.7. The number of piperazine rings is 1. The molecule has 0 spiro atoms. The van der Waals surface area contributed by atoms with Crippen LogP contribution < -0.4 is 5.32 Å². The van der Waals surface area contributed by atoms with Gasteiger partial charge in [0.1, 0.15) is 11.6 Å². The van der Waals surface area contributed by atoms with Crippen molar-refractivity contribution in [3.05, 3.63) is 0 Å². The van der Waals surface area contributed by atoms with E-state index in [-0.39, 0.29) is 17.9 Å². The van der Waals surface area contributed by atoms with Gasteiger partial charge in [-0.15, -0.1) is 0 Å². The molecule has 3 rings (SSSR count). The molecule has 1 saturated carbocycles. The Morgan fingerprint density at radius 3 is 2.45 bits per heavy atom. The molecular formula is C15H24N2O3. The first kappa shape index (κ1) is 13.9. The van der Waals surface area contributed by atoms with Crippen molar-refractivity contribution in [1.29, 1.82) is 0 Å². The van der Waals surface area contributed by atoms with Crippen molar-refractivity contribution in [3.8, 4) is 0 Å². The Bertz CT molecular complexity index is 411. The van der Waals surface area contributed by atoms with E-state index in [1.54, 1.807) is 0 Å². The van der Waals surface area contributed by atoms with Crippen LogP contribution >= 0.6 is 0 Å². The Labute approximate surface area is 120 Å². The van der Waals surface area contributed by atoms with Gasteiger partial charge in [0.2, 0.25) is 11.8 Å². The fraction of sp³-hybridized carbons (Fsp3) is 0.867. The summed E-state index contributed by atoms with van der Waals surface area (Å²) in [6.07, 6.45) is 4.08. The Hall–Kier alpha value is -1.10. The van der Waals surface area contributed by atoms with E-state index in [4.69, 9.17) is 4.74 Å². The third kappa shape index (κ3) is 2.43. The summed E-state index contributed by atoms with van der Waals surface area (Å²) in [6, 6.07) is -0.282. The van der Waals surface area contributed by atoms with Crippen molar-refractivity contribution in [2.45, 2.75) is 51.1 Å². The highest BCUT2D eigenvalue weighted by atomic mass is 16.5. The van der Waals surface area contributed by atoms with Gasteiger partial charge in [0.25, 0.3) is 0 Å².